The highest BCUT2D eigenvalue weighted by atomic mass is 16.5. The summed E-state index contributed by atoms with van der Waals surface area (Å²) in [6, 6.07) is 0. The molecule has 0 radical (unpaired) electrons. The molecule has 0 bridgehead atoms. The van der Waals surface area contributed by atoms with Crippen LogP contribution in [0.2, 0.25) is 0 Å². The van der Waals surface area contributed by atoms with Gasteiger partial charge in [0, 0.05) is 12.6 Å². The van der Waals surface area contributed by atoms with Gasteiger partial charge in [-0.3, -0.25) is 9.48 Å². The van der Waals surface area contributed by atoms with Gasteiger partial charge in [-0.05, 0) is 44.7 Å². The minimum absolute atomic E-state index is 0.182. The van der Waals surface area contributed by atoms with E-state index >= 15 is 0 Å². The van der Waals surface area contributed by atoms with Crippen molar-refractivity contribution in [3.63, 3.8) is 0 Å². The summed E-state index contributed by atoms with van der Waals surface area (Å²) in [5.41, 5.74) is 3.07. The Morgan fingerprint density at radius 3 is 2.90 bits per heavy atom. The molecular weight excluding hydrogens is 268 g/mol. The summed E-state index contributed by atoms with van der Waals surface area (Å²) in [4.78, 5) is 12.0. The van der Waals surface area contributed by atoms with E-state index in [0.29, 0.717) is 13.2 Å². The van der Waals surface area contributed by atoms with Gasteiger partial charge in [0.25, 0.3) is 0 Å². The van der Waals surface area contributed by atoms with Gasteiger partial charge >= 0.3 is 5.97 Å². The van der Waals surface area contributed by atoms with Gasteiger partial charge in [-0.15, -0.1) is 0 Å². The number of allylic oxidation sites excluding steroid dienone is 1. The van der Waals surface area contributed by atoms with Crippen LogP contribution in [-0.2, 0) is 33.7 Å². The fraction of sp³-hybridized carbons (Fsp3) is 0.625. The van der Waals surface area contributed by atoms with E-state index in [1.165, 1.54) is 11.1 Å². The average molecular weight is 292 g/mol. The van der Waals surface area contributed by atoms with Crippen molar-refractivity contribution in [2.75, 3.05) is 13.7 Å². The van der Waals surface area contributed by atoms with Crippen LogP contribution in [0.4, 0.5) is 0 Å². The Balaban J connectivity index is 2.10. The number of carbonyl (C=O) groups is 1. The van der Waals surface area contributed by atoms with Crippen LogP contribution in [0.15, 0.2) is 18.0 Å². The molecule has 2 rings (SSSR count). The van der Waals surface area contributed by atoms with Crippen molar-refractivity contribution in [1.29, 1.82) is 0 Å². The van der Waals surface area contributed by atoms with E-state index in [1.54, 1.807) is 7.11 Å². The van der Waals surface area contributed by atoms with Crippen LogP contribution in [0.1, 0.15) is 38.4 Å². The molecule has 1 aliphatic carbocycles. The molecule has 21 heavy (non-hydrogen) atoms. The lowest BCUT2D eigenvalue weighted by molar-refractivity contribution is -0.154. The summed E-state index contributed by atoms with van der Waals surface area (Å²) < 4.78 is 12.1. The highest BCUT2D eigenvalue weighted by Crippen LogP contribution is 2.26. The van der Waals surface area contributed by atoms with Crippen molar-refractivity contribution in [2.45, 2.75) is 46.6 Å². The maximum absolute atomic E-state index is 12.0. The van der Waals surface area contributed by atoms with Gasteiger partial charge in [0.1, 0.15) is 0 Å². The number of fused-ring (bicyclic) bond motifs is 1. The molecule has 0 aromatic carbocycles. The summed E-state index contributed by atoms with van der Waals surface area (Å²) >= 11 is 0. The number of nitrogens with zero attached hydrogens (tertiary/aromatic N) is 2. The van der Waals surface area contributed by atoms with Gasteiger partial charge in [-0.2, -0.15) is 5.10 Å². The number of esters is 1. The molecule has 0 spiro atoms. The second-order valence-electron chi connectivity index (χ2n) is 6.09. The Hall–Kier alpha value is -1.78. The zero-order chi connectivity index (χ0) is 15.5. The highest BCUT2D eigenvalue weighted by Gasteiger charge is 2.30. The Bertz CT molecular complexity index is 544. The highest BCUT2D eigenvalue weighted by molar-refractivity contribution is 5.75. The third-order valence-corrected chi connectivity index (χ3v) is 3.69. The van der Waals surface area contributed by atoms with Crippen LogP contribution < -0.4 is 0 Å². The lowest BCUT2D eigenvalue weighted by Crippen LogP contribution is -2.31. The van der Waals surface area contributed by atoms with Crippen LogP contribution in [0.3, 0.4) is 0 Å². The molecule has 1 heterocycles. The van der Waals surface area contributed by atoms with Gasteiger partial charge in [-0.1, -0.05) is 0 Å². The van der Waals surface area contributed by atoms with E-state index in [9.17, 15) is 4.79 Å². The van der Waals surface area contributed by atoms with Gasteiger partial charge < -0.3 is 9.47 Å². The van der Waals surface area contributed by atoms with E-state index in [0.717, 1.165) is 25.0 Å². The predicted molar refractivity (Wildman–Crippen MR) is 79.8 cm³/mol. The molecule has 5 heteroatoms. The molecule has 0 atom stereocenters. The van der Waals surface area contributed by atoms with E-state index in [4.69, 9.17) is 9.47 Å². The number of hydrogen-bond donors (Lipinski definition) is 0. The monoisotopic (exact) mass is 292 g/mol. The lowest BCUT2D eigenvalue weighted by atomic mass is 9.93. The van der Waals surface area contributed by atoms with Crippen molar-refractivity contribution in [1.82, 2.24) is 9.78 Å². The van der Waals surface area contributed by atoms with Crippen LogP contribution in [0.5, 0.6) is 0 Å². The molecule has 0 aliphatic heterocycles. The number of rotatable bonds is 5. The molecular formula is C16H24N2O3. The van der Waals surface area contributed by atoms with Crippen LogP contribution in [-0.4, -0.2) is 29.5 Å². The number of aryl methyl sites for hydroxylation is 1. The smallest absolute Gasteiger partial charge is 0.313 e. The molecule has 116 valence electrons. The zero-order valence-corrected chi connectivity index (χ0v) is 13.3. The molecule has 5 nitrogen and oxygen atoms in total. The summed E-state index contributed by atoms with van der Waals surface area (Å²) in [7, 11) is 1.67. The van der Waals surface area contributed by atoms with Gasteiger partial charge in [-0.25, -0.2) is 0 Å². The fourth-order valence-electron chi connectivity index (χ4n) is 2.62. The van der Waals surface area contributed by atoms with E-state index in [2.05, 4.69) is 5.10 Å². The van der Waals surface area contributed by atoms with Crippen molar-refractivity contribution >= 4 is 5.97 Å². The number of carbonyl (C=O) groups excluding carboxylic acids is 1. The zero-order valence-electron chi connectivity index (χ0n) is 13.3. The molecule has 0 saturated carbocycles. The van der Waals surface area contributed by atoms with Crippen molar-refractivity contribution in [3.05, 3.63) is 29.3 Å². The third-order valence-electron chi connectivity index (χ3n) is 3.69. The van der Waals surface area contributed by atoms with Crippen molar-refractivity contribution < 1.29 is 14.3 Å². The number of aromatic nitrogens is 2. The summed E-state index contributed by atoms with van der Waals surface area (Å²) in [5.74, 6) is -0.182. The summed E-state index contributed by atoms with van der Waals surface area (Å²) in [5, 5.41) is 4.61. The predicted octanol–water partition coefficient (Wildman–Crippen LogP) is 2.49. The first-order chi connectivity index (χ1) is 9.96. The first kappa shape index (κ1) is 15.6. The summed E-state index contributed by atoms with van der Waals surface area (Å²) in [6.07, 6.45) is 6.65. The molecule has 1 aromatic heterocycles. The Kier molecular flexibility index (Phi) is 4.70. The molecule has 1 aliphatic rings. The van der Waals surface area contributed by atoms with Crippen molar-refractivity contribution in [2.24, 2.45) is 5.41 Å². The van der Waals surface area contributed by atoms with Gasteiger partial charge in [0.05, 0.1) is 37.6 Å². The first-order valence-electron chi connectivity index (χ1n) is 7.39. The minimum Gasteiger partial charge on any atom is -0.504 e. The maximum atomic E-state index is 12.0. The van der Waals surface area contributed by atoms with Gasteiger partial charge in [0.2, 0.25) is 0 Å². The maximum Gasteiger partial charge on any atom is 0.313 e. The molecule has 0 amide bonds. The molecule has 0 N–H and O–H groups in total. The van der Waals surface area contributed by atoms with Gasteiger partial charge in [0.15, 0.2) is 0 Å². The van der Waals surface area contributed by atoms with E-state index in [-0.39, 0.29) is 5.97 Å². The molecule has 0 unspecified atom stereocenters. The SMILES string of the molecule is CCOC(=O)C(C)(C)Cn1cc2c(n1)CCC(=COC)C2. The third kappa shape index (κ3) is 3.65. The minimum atomic E-state index is -0.574. The van der Waals surface area contributed by atoms with E-state index in [1.807, 2.05) is 37.9 Å². The van der Waals surface area contributed by atoms with Crippen LogP contribution in [0.25, 0.3) is 0 Å². The van der Waals surface area contributed by atoms with E-state index < -0.39 is 5.41 Å². The van der Waals surface area contributed by atoms with Crippen LogP contribution >= 0.6 is 0 Å². The number of hydrogen-bond acceptors (Lipinski definition) is 4. The van der Waals surface area contributed by atoms with Crippen LogP contribution in [0, 0.1) is 5.41 Å². The topological polar surface area (TPSA) is 53.4 Å². The molecule has 1 aromatic rings. The fourth-order valence-corrected chi connectivity index (χ4v) is 2.62. The largest absolute Gasteiger partial charge is 0.504 e. The standard InChI is InChI=1S/C16H24N2O3/c1-5-21-15(19)16(2,3)11-18-9-13-8-12(10-20-4)6-7-14(13)17-18/h9-10H,5-8,11H2,1-4H3. The Morgan fingerprint density at radius 2 is 2.24 bits per heavy atom. The number of ether oxygens (including phenoxy) is 2. The second-order valence-corrected chi connectivity index (χ2v) is 6.09. The molecule has 0 fully saturated rings. The quantitative estimate of drug-likeness (QED) is 0.618. The average Bonchev–Trinajstić information content (AvgIpc) is 2.80. The first-order valence-corrected chi connectivity index (χ1v) is 7.39. The summed E-state index contributed by atoms with van der Waals surface area (Å²) in [6.45, 7) is 6.54. The van der Waals surface area contributed by atoms with Crippen molar-refractivity contribution in [3.8, 4) is 0 Å². The normalized spacial score (nSPS) is 16.7. The second kappa shape index (κ2) is 6.33. The Morgan fingerprint density at radius 1 is 1.48 bits per heavy atom. The number of methoxy groups -OCH3 is 1. The Labute approximate surface area is 125 Å². The molecule has 0 saturated heterocycles. The lowest BCUT2D eigenvalue weighted by Gasteiger charge is -2.21.